The van der Waals surface area contributed by atoms with Crippen LogP contribution in [0.25, 0.3) is 0 Å². The highest BCUT2D eigenvalue weighted by atomic mass is 16.5. The van der Waals surface area contributed by atoms with Crippen LogP contribution in [0.15, 0.2) is 24.3 Å². The van der Waals surface area contributed by atoms with E-state index in [9.17, 15) is 4.79 Å². The van der Waals surface area contributed by atoms with Crippen LogP contribution in [0, 0.1) is 0 Å². The zero-order chi connectivity index (χ0) is 18.4. The molecule has 5 nitrogen and oxygen atoms in total. The quantitative estimate of drug-likeness (QED) is 0.822. The molecule has 1 N–H and O–H groups in total. The summed E-state index contributed by atoms with van der Waals surface area (Å²) >= 11 is 0. The highest BCUT2D eigenvalue weighted by Gasteiger charge is 2.22. The summed E-state index contributed by atoms with van der Waals surface area (Å²) in [7, 11) is 1.97. The Hall–Kier alpha value is -1.43. The minimum absolute atomic E-state index is 0.0691. The molecule has 1 aromatic carbocycles. The van der Waals surface area contributed by atoms with Gasteiger partial charge in [-0.25, -0.2) is 0 Å². The molecule has 1 aliphatic heterocycles. The summed E-state index contributed by atoms with van der Waals surface area (Å²) in [5, 5.41) is 3.06. The number of carbonyl (C=O) groups is 1. The molecule has 0 aliphatic carbocycles. The second kappa shape index (κ2) is 9.32. The van der Waals surface area contributed by atoms with Gasteiger partial charge >= 0.3 is 0 Å². The summed E-state index contributed by atoms with van der Waals surface area (Å²) in [6, 6.07) is 8.74. The van der Waals surface area contributed by atoms with E-state index in [2.05, 4.69) is 56.1 Å². The summed E-state index contributed by atoms with van der Waals surface area (Å²) in [6.07, 6.45) is 0.532. The Morgan fingerprint density at radius 3 is 2.44 bits per heavy atom. The number of amides is 1. The van der Waals surface area contributed by atoms with Crippen LogP contribution in [0.1, 0.15) is 38.8 Å². The number of rotatable bonds is 7. The molecule has 0 radical (unpaired) electrons. The van der Waals surface area contributed by atoms with E-state index in [4.69, 9.17) is 4.74 Å². The van der Waals surface area contributed by atoms with Crippen molar-refractivity contribution in [3.63, 3.8) is 0 Å². The number of hydrogen-bond donors (Lipinski definition) is 1. The molecule has 0 aromatic heterocycles. The molecule has 25 heavy (non-hydrogen) atoms. The van der Waals surface area contributed by atoms with Crippen molar-refractivity contribution in [1.82, 2.24) is 15.1 Å². The van der Waals surface area contributed by atoms with Crippen LogP contribution in [0.4, 0.5) is 0 Å². The smallest absolute Gasteiger partial charge is 0.234 e. The first-order chi connectivity index (χ1) is 11.8. The standard InChI is InChI=1S/C20H33N3O2/c1-15(2)22(5)14-20(24)21-10-18-8-6-7-9-19(18)13-23-11-16(3)25-17(4)12-23/h6-9,15-17H,10-14H2,1-5H3,(H,21,24)/t16-,17+. The van der Waals surface area contributed by atoms with Crippen molar-refractivity contribution in [3.05, 3.63) is 35.4 Å². The normalized spacial score (nSPS) is 21.7. The maximum Gasteiger partial charge on any atom is 0.234 e. The Labute approximate surface area is 152 Å². The average molecular weight is 348 g/mol. The number of nitrogens with zero attached hydrogens (tertiary/aromatic N) is 2. The summed E-state index contributed by atoms with van der Waals surface area (Å²) in [4.78, 5) is 16.6. The molecule has 1 fully saturated rings. The molecule has 1 aromatic rings. The molecule has 1 amide bonds. The predicted molar refractivity (Wildman–Crippen MR) is 101 cm³/mol. The molecular weight excluding hydrogens is 314 g/mol. The van der Waals surface area contributed by atoms with Crippen molar-refractivity contribution in [2.75, 3.05) is 26.7 Å². The van der Waals surface area contributed by atoms with E-state index in [1.165, 1.54) is 11.1 Å². The maximum atomic E-state index is 12.1. The number of hydrogen-bond acceptors (Lipinski definition) is 4. The van der Waals surface area contributed by atoms with Crippen LogP contribution < -0.4 is 5.32 Å². The van der Waals surface area contributed by atoms with E-state index in [1.54, 1.807) is 0 Å². The second-order valence-corrected chi connectivity index (χ2v) is 7.51. The van der Waals surface area contributed by atoms with E-state index in [0.29, 0.717) is 19.1 Å². The molecular formula is C20H33N3O2. The molecule has 0 bridgehead atoms. The van der Waals surface area contributed by atoms with Crippen LogP contribution in [-0.2, 0) is 22.6 Å². The van der Waals surface area contributed by atoms with Crippen molar-refractivity contribution in [3.8, 4) is 0 Å². The van der Waals surface area contributed by atoms with Gasteiger partial charge in [0.2, 0.25) is 5.91 Å². The van der Waals surface area contributed by atoms with Crippen LogP contribution in [-0.4, -0.2) is 60.6 Å². The highest BCUT2D eigenvalue weighted by Crippen LogP contribution is 2.17. The van der Waals surface area contributed by atoms with Gasteiger partial charge in [0.1, 0.15) is 0 Å². The molecule has 0 saturated carbocycles. The summed E-state index contributed by atoms with van der Waals surface area (Å²) < 4.78 is 5.82. The summed E-state index contributed by atoms with van der Waals surface area (Å²) in [6.45, 7) is 12.2. The number of ether oxygens (including phenoxy) is 1. The van der Waals surface area contributed by atoms with Gasteiger partial charge in [-0.2, -0.15) is 0 Å². The fourth-order valence-corrected chi connectivity index (χ4v) is 3.20. The van der Waals surface area contributed by atoms with E-state index in [1.807, 2.05) is 18.0 Å². The molecule has 140 valence electrons. The molecule has 1 heterocycles. The topological polar surface area (TPSA) is 44.8 Å². The average Bonchev–Trinajstić information content (AvgIpc) is 2.53. The minimum atomic E-state index is 0.0691. The van der Waals surface area contributed by atoms with Crippen LogP contribution in [0.2, 0.25) is 0 Å². The number of morpholine rings is 1. The number of carbonyl (C=O) groups excluding carboxylic acids is 1. The van der Waals surface area contributed by atoms with Gasteiger partial charge in [-0.3, -0.25) is 14.6 Å². The molecule has 0 unspecified atom stereocenters. The van der Waals surface area contributed by atoms with E-state index >= 15 is 0 Å². The van der Waals surface area contributed by atoms with Gasteiger partial charge in [0, 0.05) is 32.2 Å². The van der Waals surface area contributed by atoms with Crippen molar-refractivity contribution >= 4 is 5.91 Å². The molecule has 1 saturated heterocycles. The van der Waals surface area contributed by atoms with E-state index in [0.717, 1.165) is 19.6 Å². The van der Waals surface area contributed by atoms with Gasteiger partial charge in [0.15, 0.2) is 0 Å². The Bertz CT molecular complexity index is 552. The SMILES string of the molecule is CC(C)N(C)CC(=O)NCc1ccccc1CN1C[C@@H](C)O[C@@H](C)C1. The number of benzene rings is 1. The maximum absolute atomic E-state index is 12.1. The highest BCUT2D eigenvalue weighted by molar-refractivity contribution is 5.78. The second-order valence-electron chi connectivity index (χ2n) is 7.51. The fraction of sp³-hybridized carbons (Fsp3) is 0.650. The number of nitrogens with one attached hydrogen (secondary N) is 1. The molecule has 5 heteroatoms. The largest absolute Gasteiger partial charge is 0.373 e. The molecule has 0 spiro atoms. The first-order valence-corrected chi connectivity index (χ1v) is 9.26. The summed E-state index contributed by atoms with van der Waals surface area (Å²) in [5.41, 5.74) is 2.47. The van der Waals surface area contributed by atoms with Gasteiger partial charge < -0.3 is 10.1 Å². The Morgan fingerprint density at radius 2 is 1.84 bits per heavy atom. The molecule has 1 aliphatic rings. The Kier molecular flexibility index (Phi) is 7.41. The van der Waals surface area contributed by atoms with Crippen LogP contribution >= 0.6 is 0 Å². The lowest BCUT2D eigenvalue weighted by Crippen LogP contribution is -2.45. The molecule has 2 rings (SSSR count). The van der Waals surface area contributed by atoms with Gasteiger partial charge in [0.05, 0.1) is 18.8 Å². The number of likely N-dealkylation sites (N-methyl/N-ethyl adjacent to an activating group) is 1. The lowest BCUT2D eigenvalue weighted by molar-refractivity contribution is -0.122. The van der Waals surface area contributed by atoms with E-state index in [-0.39, 0.29) is 18.1 Å². The first-order valence-electron chi connectivity index (χ1n) is 9.26. The van der Waals surface area contributed by atoms with Gasteiger partial charge in [-0.1, -0.05) is 24.3 Å². The summed E-state index contributed by atoms with van der Waals surface area (Å²) in [5.74, 6) is 0.0691. The Morgan fingerprint density at radius 1 is 1.24 bits per heavy atom. The first kappa shape index (κ1) is 19.9. The van der Waals surface area contributed by atoms with Crippen molar-refractivity contribution < 1.29 is 9.53 Å². The lowest BCUT2D eigenvalue weighted by Gasteiger charge is -2.35. The third-order valence-corrected chi connectivity index (χ3v) is 4.76. The fourth-order valence-electron chi connectivity index (χ4n) is 3.20. The van der Waals surface area contributed by atoms with Crippen molar-refractivity contribution in [2.24, 2.45) is 0 Å². The van der Waals surface area contributed by atoms with Crippen molar-refractivity contribution in [1.29, 1.82) is 0 Å². The van der Waals surface area contributed by atoms with Crippen molar-refractivity contribution in [2.45, 2.75) is 59.0 Å². The van der Waals surface area contributed by atoms with Crippen LogP contribution in [0.5, 0.6) is 0 Å². The monoisotopic (exact) mass is 347 g/mol. The third kappa shape index (κ3) is 6.42. The zero-order valence-electron chi connectivity index (χ0n) is 16.3. The van der Waals surface area contributed by atoms with Gasteiger partial charge in [0.25, 0.3) is 0 Å². The van der Waals surface area contributed by atoms with Gasteiger partial charge in [-0.15, -0.1) is 0 Å². The zero-order valence-corrected chi connectivity index (χ0v) is 16.3. The predicted octanol–water partition coefficient (Wildman–Crippen LogP) is 2.25. The Balaban J connectivity index is 1.92. The van der Waals surface area contributed by atoms with Crippen LogP contribution in [0.3, 0.4) is 0 Å². The minimum Gasteiger partial charge on any atom is -0.373 e. The van der Waals surface area contributed by atoms with E-state index < -0.39 is 0 Å². The lowest BCUT2D eigenvalue weighted by atomic mass is 10.1. The molecule has 2 atom stereocenters. The van der Waals surface area contributed by atoms with Gasteiger partial charge in [-0.05, 0) is 45.9 Å². The third-order valence-electron chi connectivity index (χ3n) is 4.76.